The molecule has 0 heterocycles. The first-order valence-corrected chi connectivity index (χ1v) is 16.0. The van der Waals surface area contributed by atoms with E-state index in [1.54, 1.807) is 0 Å². The van der Waals surface area contributed by atoms with Crippen LogP contribution >= 0.6 is 0 Å². The number of hydrogen-bond donors (Lipinski definition) is 0. The van der Waals surface area contributed by atoms with Crippen molar-refractivity contribution in [2.24, 2.45) is 0 Å². The molecule has 2 heteroatoms. The summed E-state index contributed by atoms with van der Waals surface area (Å²) in [6.45, 7) is 0. The van der Waals surface area contributed by atoms with E-state index in [1.165, 1.54) is 19.9 Å². The molecule has 0 amide bonds. The van der Waals surface area contributed by atoms with Gasteiger partial charge in [0.2, 0.25) is 0 Å². The van der Waals surface area contributed by atoms with E-state index in [2.05, 4.69) is 147 Å². The summed E-state index contributed by atoms with van der Waals surface area (Å²) in [5, 5.41) is 0. The van der Waals surface area contributed by atoms with Crippen LogP contribution in [0.3, 0.4) is 0 Å². The third kappa shape index (κ3) is 3.95. The van der Waals surface area contributed by atoms with Gasteiger partial charge >= 0.3 is 185 Å². The molecule has 0 spiro atoms. The van der Waals surface area contributed by atoms with Gasteiger partial charge in [-0.25, -0.2) is 0 Å². The van der Waals surface area contributed by atoms with Crippen LogP contribution in [0.15, 0.2) is 128 Å². The predicted octanol–water partition coefficient (Wildman–Crippen LogP) is 4.30. The van der Waals surface area contributed by atoms with Gasteiger partial charge in [-0.3, -0.25) is 0 Å². The van der Waals surface area contributed by atoms with E-state index in [-0.39, 0.29) is 0 Å². The molecule has 0 aliphatic rings. The summed E-state index contributed by atoms with van der Waals surface area (Å²) < 4.78 is 5.84. The van der Waals surface area contributed by atoms with Crippen LogP contribution in [0, 0.1) is 0 Å². The Morgan fingerprint density at radius 2 is 0.867 bits per heavy atom. The second kappa shape index (κ2) is 9.36. The molecule has 1 nitrogen and oxygen atoms in total. The summed E-state index contributed by atoms with van der Waals surface area (Å²) in [6.07, 6.45) is 2.36. The average Bonchev–Trinajstić information content (AvgIpc) is 2.81. The minimum atomic E-state index is -3.61. The van der Waals surface area contributed by atoms with Crippen molar-refractivity contribution in [3.05, 3.63) is 133 Å². The number of benzene rings is 4. The van der Waals surface area contributed by atoms with Gasteiger partial charge in [-0.2, -0.15) is 0 Å². The fourth-order valence-corrected chi connectivity index (χ4v) is 18.7. The fourth-order valence-electron chi connectivity index (χ4n) is 4.29. The van der Waals surface area contributed by atoms with Crippen LogP contribution in [0.4, 0.5) is 0 Å². The van der Waals surface area contributed by atoms with E-state index in [0.717, 1.165) is 0 Å². The van der Waals surface area contributed by atoms with Crippen molar-refractivity contribution in [2.45, 2.75) is 0 Å². The second-order valence-electron chi connectivity index (χ2n) is 7.72. The van der Waals surface area contributed by atoms with Crippen LogP contribution in [0.5, 0.6) is 0 Å². The zero-order chi connectivity index (χ0) is 20.8. The van der Waals surface area contributed by atoms with Gasteiger partial charge in [0.15, 0.2) is 0 Å². The van der Waals surface area contributed by atoms with Gasteiger partial charge in [0, 0.05) is 0 Å². The van der Waals surface area contributed by atoms with E-state index in [4.69, 9.17) is 0 Å². The van der Waals surface area contributed by atoms with Crippen molar-refractivity contribution in [3.8, 4) is 0 Å². The summed E-state index contributed by atoms with van der Waals surface area (Å²) >= 11 is -3.61. The fraction of sp³-hybridized carbons (Fsp3) is 0.0714. The molecule has 0 bridgehead atoms. The van der Waals surface area contributed by atoms with Crippen LogP contribution in [0.2, 0.25) is 0 Å². The van der Waals surface area contributed by atoms with Gasteiger partial charge in [0.1, 0.15) is 0 Å². The molecule has 4 aromatic carbocycles. The standard InChI is InChI=1S/C10H12N.3C6H5.Sn/c1-11(2)9-8-10-6-4-3-5-7-10;3*1-2-4-6-5-3-1;/h3-7,9H,1-2H3;3*1-5H;. The quantitative estimate of drug-likeness (QED) is 0.360. The molecule has 0 unspecified atom stereocenters. The van der Waals surface area contributed by atoms with E-state index in [0.29, 0.717) is 0 Å². The number of hydrogen-bond acceptors (Lipinski definition) is 1. The summed E-state index contributed by atoms with van der Waals surface area (Å²) in [5.41, 5.74) is 1.30. The normalized spacial score (nSPS) is 11.9. The Kier molecular flexibility index (Phi) is 6.39. The molecule has 4 rings (SSSR count). The first-order chi connectivity index (χ1) is 14.7. The Morgan fingerprint density at radius 3 is 1.20 bits per heavy atom. The van der Waals surface area contributed by atoms with Crippen LogP contribution in [-0.4, -0.2) is 37.4 Å². The monoisotopic (exact) mass is 497 g/mol. The maximum absolute atomic E-state index is 3.61. The molecule has 0 radical (unpaired) electrons. The van der Waals surface area contributed by atoms with Crippen LogP contribution in [0.25, 0.3) is 3.59 Å². The molecule has 0 aliphatic heterocycles. The van der Waals surface area contributed by atoms with Gasteiger partial charge in [-0.1, -0.05) is 0 Å². The van der Waals surface area contributed by atoms with Gasteiger partial charge in [0.05, 0.1) is 0 Å². The number of rotatable bonds is 6. The summed E-state index contributed by atoms with van der Waals surface area (Å²) in [5.74, 6) is 0. The van der Waals surface area contributed by atoms with E-state index in [9.17, 15) is 0 Å². The Balaban J connectivity index is 2.17. The molecular weight excluding hydrogens is 469 g/mol. The Morgan fingerprint density at radius 1 is 0.533 bits per heavy atom. The molecule has 4 aromatic rings. The van der Waals surface area contributed by atoms with E-state index < -0.39 is 18.4 Å². The average molecular weight is 496 g/mol. The van der Waals surface area contributed by atoms with E-state index in [1.807, 2.05) is 0 Å². The van der Waals surface area contributed by atoms with Crippen molar-refractivity contribution >= 4 is 32.7 Å². The van der Waals surface area contributed by atoms with Crippen molar-refractivity contribution < 1.29 is 0 Å². The summed E-state index contributed by atoms with van der Waals surface area (Å²) in [6, 6.07) is 44.4. The van der Waals surface area contributed by atoms with Crippen LogP contribution < -0.4 is 10.7 Å². The Bertz CT molecular complexity index is 992. The molecule has 0 aliphatic carbocycles. The van der Waals surface area contributed by atoms with Crippen LogP contribution in [0.1, 0.15) is 5.56 Å². The predicted molar refractivity (Wildman–Crippen MR) is 132 cm³/mol. The van der Waals surface area contributed by atoms with Crippen molar-refractivity contribution in [2.75, 3.05) is 14.1 Å². The van der Waals surface area contributed by atoms with Crippen molar-refractivity contribution in [1.82, 2.24) is 4.90 Å². The van der Waals surface area contributed by atoms with Gasteiger partial charge in [-0.05, 0) is 0 Å². The topological polar surface area (TPSA) is 3.24 Å². The molecule has 30 heavy (non-hydrogen) atoms. The molecule has 0 aromatic heterocycles. The third-order valence-electron chi connectivity index (χ3n) is 5.50. The zero-order valence-corrected chi connectivity index (χ0v) is 20.4. The minimum absolute atomic E-state index is 1.30. The summed E-state index contributed by atoms with van der Waals surface area (Å²) in [7, 11) is 4.25. The summed E-state index contributed by atoms with van der Waals surface area (Å²) in [4.78, 5) is 2.20. The SMILES string of the molecule is CN(C)/C=[C](\c1ccccc1)[Sn]([c]1ccccc1)([c]1ccccc1)[c]1ccccc1. The molecule has 0 saturated carbocycles. The molecule has 0 fully saturated rings. The van der Waals surface area contributed by atoms with E-state index >= 15 is 0 Å². The zero-order valence-electron chi connectivity index (χ0n) is 17.6. The van der Waals surface area contributed by atoms with Crippen molar-refractivity contribution in [1.29, 1.82) is 0 Å². The van der Waals surface area contributed by atoms with Crippen LogP contribution in [-0.2, 0) is 0 Å². The van der Waals surface area contributed by atoms with Gasteiger partial charge in [-0.15, -0.1) is 0 Å². The molecule has 0 saturated heterocycles. The Labute approximate surface area is 184 Å². The molecule has 0 atom stereocenters. The first kappa shape index (κ1) is 20.5. The Hall–Kier alpha value is -2.78. The first-order valence-electron chi connectivity index (χ1n) is 10.3. The molecule has 148 valence electrons. The van der Waals surface area contributed by atoms with Gasteiger partial charge < -0.3 is 0 Å². The molecule has 0 N–H and O–H groups in total. The number of nitrogens with zero attached hydrogens (tertiary/aromatic N) is 1. The second-order valence-corrected chi connectivity index (χ2v) is 18.5. The van der Waals surface area contributed by atoms with Crippen molar-refractivity contribution in [3.63, 3.8) is 0 Å². The molecular formula is C28H27NSn. The third-order valence-corrected chi connectivity index (χ3v) is 19.3. The maximum atomic E-state index is 2.36. The van der Waals surface area contributed by atoms with Gasteiger partial charge in [0.25, 0.3) is 0 Å².